The zero-order valence-electron chi connectivity index (χ0n) is 35.2. The second-order valence-electron chi connectivity index (χ2n) is 17.0. The second-order valence-corrected chi connectivity index (χ2v) is 17.0. The number of benzene rings is 1. The van der Waals surface area contributed by atoms with Crippen LogP contribution in [-0.2, 0) is 34.6 Å². The zero-order chi connectivity index (χ0) is 40.0. The summed E-state index contributed by atoms with van der Waals surface area (Å²) in [6.45, 7) is 14.8. The lowest BCUT2D eigenvalue weighted by atomic mass is 9.79. The fourth-order valence-electron chi connectivity index (χ4n) is 5.91. The molecule has 302 valence electrons. The predicted octanol–water partition coefficient (Wildman–Crippen LogP) is 10.6. The molecule has 0 fully saturated rings. The highest BCUT2D eigenvalue weighted by Crippen LogP contribution is 2.30. The number of likely N-dealkylation sites (N-methyl/N-ethyl adjacent to an activating group) is 1. The van der Waals surface area contributed by atoms with Gasteiger partial charge in [0.1, 0.15) is 25.9 Å². The van der Waals surface area contributed by atoms with Crippen molar-refractivity contribution in [3.05, 3.63) is 71.0 Å². The van der Waals surface area contributed by atoms with Crippen molar-refractivity contribution < 1.29 is 28.6 Å². The van der Waals surface area contributed by atoms with E-state index in [0.29, 0.717) is 18.4 Å². The number of aliphatic imine (C=N–C) groups is 1. The van der Waals surface area contributed by atoms with Gasteiger partial charge in [-0.05, 0) is 86.7 Å². The number of carbonyl (C=O) groups is 3. The van der Waals surface area contributed by atoms with E-state index in [0.717, 1.165) is 68.2 Å². The van der Waals surface area contributed by atoms with Crippen LogP contribution in [0.2, 0.25) is 0 Å². The summed E-state index contributed by atoms with van der Waals surface area (Å²) in [6.07, 6.45) is 26.6. The smallest absolute Gasteiger partial charge is 0.338 e. The molecule has 1 aromatic carbocycles. The molecule has 2 atom stereocenters. The molecule has 0 spiro atoms. The molecular weight excluding hydrogens is 677 g/mol. The van der Waals surface area contributed by atoms with Gasteiger partial charge in [-0.15, -0.1) is 0 Å². The number of rotatable bonds is 25. The molecule has 0 aliphatic carbocycles. The number of esters is 3. The van der Waals surface area contributed by atoms with Crippen molar-refractivity contribution in [3.63, 3.8) is 0 Å². The Morgan fingerprint density at radius 2 is 1.33 bits per heavy atom. The van der Waals surface area contributed by atoms with E-state index >= 15 is 0 Å². The molecule has 1 aromatic rings. The maximum absolute atomic E-state index is 13.5. The lowest BCUT2D eigenvalue weighted by Gasteiger charge is -2.26. The van der Waals surface area contributed by atoms with E-state index in [4.69, 9.17) is 14.2 Å². The van der Waals surface area contributed by atoms with Gasteiger partial charge in [0.2, 0.25) is 0 Å². The minimum absolute atomic E-state index is 0.0169. The third-order valence-electron chi connectivity index (χ3n) is 9.64. The highest BCUT2D eigenvalue weighted by Gasteiger charge is 2.27. The number of ether oxygens (including phenoxy) is 3. The van der Waals surface area contributed by atoms with Gasteiger partial charge in [0.15, 0.2) is 0 Å². The summed E-state index contributed by atoms with van der Waals surface area (Å²) in [5.41, 5.74) is 3.10. The molecule has 0 amide bonds. The lowest BCUT2D eigenvalue weighted by molar-refractivity contribution is -0.153. The molecule has 8 heteroatoms. The Kier molecular flexibility index (Phi) is 21.4. The Morgan fingerprint density at radius 1 is 0.759 bits per heavy atom. The van der Waals surface area contributed by atoms with Crippen LogP contribution < -0.4 is 0 Å². The van der Waals surface area contributed by atoms with Crippen LogP contribution in [0.25, 0.3) is 0 Å². The Morgan fingerprint density at radius 3 is 1.91 bits per heavy atom. The SMILES string of the molecule is CCCCC/C=C\C/C=C\CCCCCCCC(=O)OCC(COC(=O)c1cc(C(C)(C)C)cc(C(C)(C)C)c1)COC(=O)[C@H](CC1=CCC=N1)N(C)C. The van der Waals surface area contributed by atoms with E-state index in [1.165, 1.54) is 25.7 Å². The van der Waals surface area contributed by atoms with Gasteiger partial charge in [-0.3, -0.25) is 19.5 Å². The molecule has 1 unspecified atom stereocenters. The average molecular weight is 749 g/mol. The Balaban J connectivity index is 1.92. The Hall–Kier alpha value is -3.52. The normalized spacial score (nSPS) is 14.5. The van der Waals surface area contributed by atoms with Crippen LogP contribution in [0.5, 0.6) is 0 Å². The maximum atomic E-state index is 13.5. The molecule has 0 N–H and O–H groups in total. The molecule has 1 heterocycles. The first-order chi connectivity index (χ1) is 25.6. The standard InChI is InChI=1S/C46H72N2O6/c1-10-11-12-13-14-15-16-17-18-19-20-21-22-23-24-27-42(49)52-33-36(35-54-44(51)41(48(8)9)32-40-26-25-28-47-40)34-53-43(50)37-29-38(45(2,3)4)31-39(30-37)46(5,6)7/h14-15,17-18,26,28-31,36,41H,10-13,16,19-25,27,32-35H2,1-9H3/b15-14-,18-17-/t36?,41-/m0/s1. The van der Waals surface area contributed by atoms with E-state index in [-0.39, 0.29) is 36.6 Å². The molecule has 0 bridgehead atoms. The second kappa shape index (κ2) is 24.8. The summed E-state index contributed by atoms with van der Waals surface area (Å²) < 4.78 is 17.3. The summed E-state index contributed by atoms with van der Waals surface area (Å²) in [7, 11) is 3.66. The molecule has 1 aliphatic heterocycles. The minimum atomic E-state index is -0.522. The number of hydrogen-bond acceptors (Lipinski definition) is 8. The number of allylic oxidation sites excluding steroid dienone is 5. The molecule has 54 heavy (non-hydrogen) atoms. The summed E-state index contributed by atoms with van der Waals surface area (Å²) >= 11 is 0. The van der Waals surface area contributed by atoms with Gasteiger partial charge in [-0.25, -0.2) is 4.79 Å². The fraction of sp³-hybridized carbons (Fsp3) is 0.652. The summed E-state index contributed by atoms with van der Waals surface area (Å²) in [6, 6.07) is 5.41. The first-order valence-electron chi connectivity index (χ1n) is 20.4. The number of unbranched alkanes of at least 4 members (excludes halogenated alkanes) is 8. The summed E-state index contributed by atoms with van der Waals surface area (Å²) in [4.78, 5) is 45.6. The van der Waals surface area contributed by atoms with Crippen LogP contribution in [0, 0.1) is 5.92 Å². The van der Waals surface area contributed by atoms with E-state index in [2.05, 4.69) is 83.8 Å². The molecule has 0 saturated heterocycles. The largest absolute Gasteiger partial charge is 0.465 e. The van der Waals surface area contributed by atoms with Crippen LogP contribution in [-0.4, -0.2) is 69.0 Å². The Bertz CT molecular complexity index is 1380. The molecule has 0 saturated carbocycles. The van der Waals surface area contributed by atoms with Crippen LogP contribution in [0.1, 0.15) is 160 Å². The van der Waals surface area contributed by atoms with Crippen LogP contribution >= 0.6 is 0 Å². The zero-order valence-corrected chi connectivity index (χ0v) is 35.2. The van der Waals surface area contributed by atoms with Crippen molar-refractivity contribution >= 4 is 24.1 Å². The van der Waals surface area contributed by atoms with E-state index in [1.807, 2.05) is 43.4 Å². The van der Waals surface area contributed by atoms with Gasteiger partial charge in [0.05, 0.1) is 11.5 Å². The highest BCUT2D eigenvalue weighted by molar-refractivity contribution is 5.90. The van der Waals surface area contributed by atoms with E-state index in [9.17, 15) is 14.4 Å². The number of nitrogens with zero attached hydrogens (tertiary/aromatic N) is 2. The van der Waals surface area contributed by atoms with Crippen molar-refractivity contribution in [2.24, 2.45) is 10.9 Å². The minimum Gasteiger partial charge on any atom is -0.465 e. The summed E-state index contributed by atoms with van der Waals surface area (Å²) in [5.74, 6) is -1.68. The van der Waals surface area contributed by atoms with E-state index < -0.39 is 23.9 Å². The Labute approximate surface area is 327 Å². The lowest BCUT2D eigenvalue weighted by Crippen LogP contribution is -2.38. The first-order valence-corrected chi connectivity index (χ1v) is 20.4. The topological polar surface area (TPSA) is 94.5 Å². The van der Waals surface area contributed by atoms with Gasteiger partial charge in [0, 0.05) is 31.2 Å². The van der Waals surface area contributed by atoms with Crippen molar-refractivity contribution in [3.8, 4) is 0 Å². The number of hydrogen-bond donors (Lipinski definition) is 0. The highest BCUT2D eigenvalue weighted by atomic mass is 16.6. The molecule has 0 radical (unpaired) electrons. The van der Waals surface area contributed by atoms with Gasteiger partial charge in [-0.2, -0.15) is 0 Å². The quantitative estimate of drug-likeness (QED) is 0.0425. The predicted molar refractivity (Wildman–Crippen MR) is 222 cm³/mol. The fourth-order valence-corrected chi connectivity index (χ4v) is 5.91. The van der Waals surface area contributed by atoms with Crippen LogP contribution in [0.3, 0.4) is 0 Å². The van der Waals surface area contributed by atoms with E-state index in [1.54, 1.807) is 0 Å². The van der Waals surface area contributed by atoms with Crippen molar-refractivity contribution in [1.82, 2.24) is 4.90 Å². The third kappa shape index (κ3) is 19.2. The monoisotopic (exact) mass is 749 g/mol. The molecular formula is C46H72N2O6. The van der Waals surface area contributed by atoms with Gasteiger partial charge >= 0.3 is 17.9 Å². The summed E-state index contributed by atoms with van der Waals surface area (Å²) in [5, 5.41) is 0. The molecule has 2 rings (SSSR count). The van der Waals surface area contributed by atoms with Gasteiger partial charge < -0.3 is 14.2 Å². The molecule has 8 nitrogen and oxygen atoms in total. The first kappa shape index (κ1) is 46.6. The van der Waals surface area contributed by atoms with Crippen molar-refractivity contribution in [2.45, 2.75) is 155 Å². The van der Waals surface area contributed by atoms with Gasteiger partial charge in [-0.1, -0.05) is 117 Å². The van der Waals surface area contributed by atoms with Crippen LogP contribution in [0.4, 0.5) is 0 Å². The van der Waals surface area contributed by atoms with Crippen LogP contribution in [0.15, 0.2) is 59.3 Å². The van der Waals surface area contributed by atoms with Gasteiger partial charge in [0.25, 0.3) is 0 Å². The maximum Gasteiger partial charge on any atom is 0.338 e. The average Bonchev–Trinajstić information content (AvgIpc) is 3.64. The molecule has 1 aliphatic rings. The van der Waals surface area contributed by atoms with Crippen molar-refractivity contribution in [1.29, 1.82) is 0 Å². The third-order valence-corrected chi connectivity index (χ3v) is 9.64. The van der Waals surface area contributed by atoms with Crippen molar-refractivity contribution in [2.75, 3.05) is 33.9 Å². The molecule has 0 aromatic heterocycles. The number of carbonyl (C=O) groups excluding carboxylic acids is 3.